The molecule has 5 nitrogen and oxygen atoms in total. The van der Waals surface area contributed by atoms with Crippen LogP contribution in [0.4, 0.5) is 5.69 Å². The Hall–Kier alpha value is -2.69. The van der Waals surface area contributed by atoms with Crippen molar-refractivity contribution in [1.82, 2.24) is 5.32 Å². The maximum atomic E-state index is 12.2. The Morgan fingerprint density at radius 3 is 2.67 bits per heavy atom. The van der Waals surface area contributed by atoms with Crippen LogP contribution in [0.3, 0.4) is 0 Å². The zero-order chi connectivity index (χ0) is 15.4. The zero-order valence-electron chi connectivity index (χ0n) is 12.0. The number of hydrogen-bond acceptors (Lipinski definition) is 4. The van der Waals surface area contributed by atoms with Crippen molar-refractivity contribution in [3.8, 4) is 11.5 Å². The molecule has 0 spiro atoms. The number of ether oxygens (including phenoxy) is 1. The highest BCUT2D eigenvalue weighted by Crippen LogP contribution is 2.26. The van der Waals surface area contributed by atoms with Crippen LogP contribution in [0.2, 0.25) is 0 Å². The van der Waals surface area contributed by atoms with Crippen molar-refractivity contribution < 1.29 is 14.6 Å². The number of carbonyl (C=O) groups is 1. The largest absolute Gasteiger partial charge is 0.504 e. The lowest BCUT2D eigenvalue weighted by Crippen LogP contribution is -2.26. The first-order valence-corrected chi connectivity index (χ1v) is 6.54. The van der Waals surface area contributed by atoms with Crippen molar-refractivity contribution in [3.05, 3.63) is 53.6 Å². The lowest BCUT2D eigenvalue weighted by Gasteiger charge is -2.15. The Bertz CT molecular complexity index is 656. The number of carbonyl (C=O) groups excluding carboxylic acids is 1. The molecule has 2 aromatic rings. The first-order valence-electron chi connectivity index (χ1n) is 6.54. The number of nitrogens with two attached hydrogens (primary N) is 1. The monoisotopic (exact) mass is 286 g/mol. The van der Waals surface area contributed by atoms with Crippen molar-refractivity contribution in [2.24, 2.45) is 0 Å². The fraction of sp³-hybridized carbons (Fsp3) is 0.188. The van der Waals surface area contributed by atoms with E-state index in [0.717, 1.165) is 5.56 Å². The quantitative estimate of drug-likeness (QED) is 0.754. The lowest BCUT2D eigenvalue weighted by atomic mass is 10.1. The van der Waals surface area contributed by atoms with E-state index in [9.17, 15) is 9.90 Å². The Labute approximate surface area is 123 Å². The van der Waals surface area contributed by atoms with Crippen LogP contribution in [0.25, 0.3) is 0 Å². The number of benzene rings is 2. The van der Waals surface area contributed by atoms with Gasteiger partial charge in [-0.1, -0.05) is 12.1 Å². The molecule has 0 aliphatic rings. The van der Waals surface area contributed by atoms with Crippen LogP contribution in [0.15, 0.2) is 42.5 Å². The molecule has 2 aromatic carbocycles. The molecule has 21 heavy (non-hydrogen) atoms. The van der Waals surface area contributed by atoms with E-state index in [1.807, 2.05) is 25.1 Å². The van der Waals surface area contributed by atoms with Gasteiger partial charge in [0.25, 0.3) is 5.91 Å². The van der Waals surface area contributed by atoms with Gasteiger partial charge in [0.1, 0.15) is 0 Å². The van der Waals surface area contributed by atoms with E-state index in [1.54, 1.807) is 18.2 Å². The number of nitrogens with one attached hydrogen (secondary N) is 1. The maximum Gasteiger partial charge on any atom is 0.251 e. The summed E-state index contributed by atoms with van der Waals surface area (Å²) < 4.78 is 4.95. The second-order valence-electron chi connectivity index (χ2n) is 4.75. The SMILES string of the molecule is COc1ccc(C(=O)NC(C)c2cccc(N)c2)cc1O. The van der Waals surface area contributed by atoms with Gasteiger partial charge in [-0.2, -0.15) is 0 Å². The molecule has 0 heterocycles. The summed E-state index contributed by atoms with van der Waals surface area (Å²) in [6.45, 7) is 1.87. The van der Waals surface area contributed by atoms with Gasteiger partial charge < -0.3 is 20.9 Å². The molecule has 1 amide bonds. The topological polar surface area (TPSA) is 84.6 Å². The molecule has 1 atom stereocenters. The van der Waals surface area contributed by atoms with Gasteiger partial charge >= 0.3 is 0 Å². The number of phenolic OH excluding ortho intramolecular Hbond substituents is 1. The van der Waals surface area contributed by atoms with Crippen molar-refractivity contribution in [2.45, 2.75) is 13.0 Å². The van der Waals surface area contributed by atoms with Gasteiger partial charge in [0, 0.05) is 11.3 Å². The average Bonchev–Trinajstić information content (AvgIpc) is 2.47. The van der Waals surface area contributed by atoms with Gasteiger partial charge in [0.15, 0.2) is 11.5 Å². The van der Waals surface area contributed by atoms with E-state index in [-0.39, 0.29) is 17.7 Å². The van der Waals surface area contributed by atoms with Crippen LogP contribution in [0, 0.1) is 0 Å². The van der Waals surface area contributed by atoms with Crippen LogP contribution < -0.4 is 15.8 Å². The molecular weight excluding hydrogens is 268 g/mol. The summed E-state index contributed by atoms with van der Waals surface area (Å²) in [7, 11) is 1.46. The number of rotatable bonds is 4. The molecule has 110 valence electrons. The predicted molar refractivity (Wildman–Crippen MR) is 81.4 cm³/mol. The Kier molecular flexibility index (Phi) is 4.33. The number of hydrogen-bond donors (Lipinski definition) is 3. The van der Waals surface area contributed by atoms with Crippen molar-refractivity contribution in [3.63, 3.8) is 0 Å². The van der Waals surface area contributed by atoms with E-state index >= 15 is 0 Å². The highest BCUT2D eigenvalue weighted by molar-refractivity contribution is 5.95. The van der Waals surface area contributed by atoms with Crippen molar-refractivity contribution >= 4 is 11.6 Å². The van der Waals surface area contributed by atoms with Gasteiger partial charge in [-0.15, -0.1) is 0 Å². The smallest absolute Gasteiger partial charge is 0.251 e. The third-order valence-electron chi connectivity index (χ3n) is 3.20. The lowest BCUT2D eigenvalue weighted by molar-refractivity contribution is 0.0939. The van der Waals surface area contributed by atoms with E-state index in [0.29, 0.717) is 17.0 Å². The first kappa shape index (κ1) is 14.7. The number of aromatic hydroxyl groups is 1. The number of anilines is 1. The van der Waals surface area contributed by atoms with Crippen molar-refractivity contribution in [1.29, 1.82) is 0 Å². The van der Waals surface area contributed by atoms with Gasteiger partial charge in [-0.05, 0) is 42.8 Å². The van der Waals surface area contributed by atoms with Gasteiger partial charge in [0.05, 0.1) is 13.2 Å². The van der Waals surface area contributed by atoms with Gasteiger partial charge in [-0.3, -0.25) is 4.79 Å². The highest BCUT2D eigenvalue weighted by atomic mass is 16.5. The molecule has 0 saturated carbocycles. The first-order chi connectivity index (χ1) is 10.0. The molecule has 0 aliphatic heterocycles. The van der Waals surface area contributed by atoms with E-state index < -0.39 is 0 Å². The minimum atomic E-state index is -0.275. The molecular formula is C16H18N2O3. The molecule has 0 radical (unpaired) electrons. The van der Waals surface area contributed by atoms with E-state index in [1.165, 1.54) is 13.2 Å². The predicted octanol–water partition coefficient (Wildman–Crippen LogP) is 2.47. The van der Waals surface area contributed by atoms with Gasteiger partial charge in [-0.25, -0.2) is 0 Å². The average molecular weight is 286 g/mol. The standard InChI is InChI=1S/C16H18N2O3/c1-10(11-4-3-5-13(17)8-11)18-16(20)12-6-7-15(21-2)14(19)9-12/h3-10,19H,17H2,1-2H3,(H,18,20). The molecule has 0 bridgehead atoms. The molecule has 0 aromatic heterocycles. The minimum absolute atomic E-state index is 0.0678. The third kappa shape index (κ3) is 3.45. The second kappa shape index (κ2) is 6.17. The molecule has 1 unspecified atom stereocenters. The summed E-state index contributed by atoms with van der Waals surface area (Å²) in [4.78, 5) is 12.2. The number of phenols is 1. The molecule has 2 rings (SSSR count). The Balaban J connectivity index is 2.12. The minimum Gasteiger partial charge on any atom is -0.504 e. The van der Waals surface area contributed by atoms with Crippen LogP contribution >= 0.6 is 0 Å². The van der Waals surface area contributed by atoms with Gasteiger partial charge in [0.2, 0.25) is 0 Å². The second-order valence-corrected chi connectivity index (χ2v) is 4.75. The Morgan fingerprint density at radius 2 is 2.05 bits per heavy atom. The number of nitrogen functional groups attached to an aromatic ring is 1. The molecule has 0 saturated heterocycles. The van der Waals surface area contributed by atoms with Crippen LogP contribution in [-0.2, 0) is 0 Å². The van der Waals surface area contributed by atoms with Crippen LogP contribution in [0.5, 0.6) is 11.5 Å². The normalized spacial score (nSPS) is 11.7. The fourth-order valence-corrected chi connectivity index (χ4v) is 2.02. The van der Waals surface area contributed by atoms with Crippen LogP contribution in [-0.4, -0.2) is 18.1 Å². The summed E-state index contributed by atoms with van der Waals surface area (Å²) in [5.41, 5.74) is 7.66. The third-order valence-corrected chi connectivity index (χ3v) is 3.20. The maximum absolute atomic E-state index is 12.2. The summed E-state index contributed by atoms with van der Waals surface area (Å²) in [5, 5.41) is 12.6. The summed E-state index contributed by atoms with van der Waals surface area (Å²) in [6, 6.07) is 11.7. The summed E-state index contributed by atoms with van der Waals surface area (Å²) >= 11 is 0. The van der Waals surface area contributed by atoms with E-state index in [4.69, 9.17) is 10.5 Å². The molecule has 4 N–H and O–H groups in total. The molecule has 0 fully saturated rings. The molecule has 0 aliphatic carbocycles. The summed E-state index contributed by atoms with van der Waals surface area (Å²) in [6.07, 6.45) is 0. The number of amides is 1. The van der Waals surface area contributed by atoms with E-state index in [2.05, 4.69) is 5.32 Å². The Morgan fingerprint density at radius 1 is 1.29 bits per heavy atom. The fourth-order valence-electron chi connectivity index (χ4n) is 2.02. The number of methoxy groups -OCH3 is 1. The summed E-state index contributed by atoms with van der Waals surface area (Å²) in [5.74, 6) is -0.0138. The molecule has 5 heteroatoms. The zero-order valence-corrected chi connectivity index (χ0v) is 12.0. The van der Waals surface area contributed by atoms with Crippen molar-refractivity contribution in [2.75, 3.05) is 12.8 Å². The highest BCUT2D eigenvalue weighted by Gasteiger charge is 2.13. The van der Waals surface area contributed by atoms with Crippen LogP contribution in [0.1, 0.15) is 28.9 Å².